The highest BCUT2D eigenvalue weighted by Crippen LogP contribution is 2.34. The summed E-state index contributed by atoms with van der Waals surface area (Å²) >= 11 is 6.31. The third kappa shape index (κ3) is 4.53. The van der Waals surface area contributed by atoms with Crippen molar-refractivity contribution in [3.05, 3.63) is 76.1 Å². The molecule has 0 radical (unpaired) electrons. The van der Waals surface area contributed by atoms with Gasteiger partial charge in [0.2, 0.25) is 0 Å². The molecule has 0 saturated carbocycles. The maximum Gasteiger partial charge on any atom is 0.272 e. The monoisotopic (exact) mass is 457 g/mol. The Hall–Kier alpha value is -3.19. The number of fused-ring (bicyclic) bond motifs is 1. The summed E-state index contributed by atoms with van der Waals surface area (Å²) < 4.78 is 35.2. The summed E-state index contributed by atoms with van der Waals surface area (Å²) in [6.45, 7) is 7.84. The Morgan fingerprint density at radius 1 is 1.16 bits per heavy atom. The molecule has 0 saturated heterocycles. The number of rotatable bonds is 4. The predicted molar refractivity (Wildman–Crippen MR) is 120 cm³/mol. The minimum absolute atomic E-state index is 0.154. The molecule has 0 aliphatic carbocycles. The second-order valence-corrected chi connectivity index (χ2v) is 9.19. The van der Waals surface area contributed by atoms with Crippen molar-refractivity contribution in [3.63, 3.8) is 0 Å². The molecule has 0 fully saturated rings. The fourth-order valence-electron chi connectivity index (χ4n) is 3.47. The van der Waals surface area contributed by atoms with E-state index in [1.165, 1.54) is 12.1 Å². The van der Waals surface area contributed by atoms with Crippen LogP contribution in [0.15, 0.2) is 46.9 Å². The molecule has 32 heavy (non-hydrogen) atoms. The number of hydrogen-bond acceptors (Lipinski definition) is 3. The maximum atomic E-state index is 14.3. The quantitative estimate of drug-likeness (QED) is 0.402. The van der Waals surface area contributed by atoms with Gasteiger partial charge in [0.1, 0.15) is 28.7 Å². The van der Waals surface area contributed by atoms with Crippen molar-refractivity contribution in [2.75, 3.05) is 0 Å². The van der Waals surface area contributed by atoms with Gasteiger partial charge in [-0.1, -0.05) is 11.6 Å². The summed E-state index contributed by atoms with van der Waals surface area (Å²) in [4.78, 5) is 12.5. The molecule has 1 amide bonds. The molecular weight excluding hydrogens is 436 g/mol. The lowest BCUT2D eigenvalue weighted by Crippen LogP contribution is -2.40. The number of hydrogen-bond donors (Lipinski definition) is 1. The lowest BCUT2D eigenvalue weighted by atomic mass is 10.1. The number of carbonyl (C=O) groups is 1. The molecule has 0 aliphatic rings. The standard InChI is InChI=1S/C24H22ClF2N3O2/c1-13-7-20(23(31)28-24(2,3)4)29-30(13)12-15-9-16(25)8-14-10-21(32-22(14)15)18-6-5-17(26)11-19(18)27/h5-11H,12H2,1-4H3,(H,28,31). The van der Waals surface area contributed by atoms with E-state index in [1.54, 1.807) is 28.9 Å². The Kier molecular flexibility index (Phi) is 5.54. The number of benzene rings is 2. The largest absolute Gasteiger partial charge is 0.456 e. The number of amides is 1. The highest BCUT2D eigenvalue weighted by atomic mass is 35.5. The normalized spacial score (nSPS) is 11.8. The molecular formula is C24H22ClF2N3O2. The Morgan fingerprint density at radius 2 is 1.91 bits per heavy atom. The molecule has 4 rings (SSSR count). The van der Waals surface area contributed by atoms with Crippen LogP contribution in [0.25, 0.3) is 22.3 Å². The molecule has 8 heteroatoms. The van der Waals surface area contributed by atoms with Crippen LogP contribution < -0.4 is 5.32 Å². The molecule has 4 aromatic rings. The first kappa shape index (κ1) is 22.0. The van der Waals surface area contributed by atoms with Crippen LogP contribution in [0.3, 0.4) is 0 Å². The molecule has 2 heterocycles. The number of aromatic nitrogens is 2. The van der Waals surface area contributed by atoms with Crippen LogP contribution >= 0.6 is 11.6 Å². The number of aryl methyl sites for hydroxylation is 1. The summed E-state index contributed by atoms with van der Waals surface area (Å²) in [5.41, 5.74) is 2.10. The highest BCUT2D eigenvalue weighted by Gasteiger charge is 2.20. The van der Waals surface area contributed by atoms with Gasteiger partial charge in [0.25, 0.3) is 5.91 Å². The summed E-state index contributed by atoms with van der Waals surface area (Å²) in [6, 6.07) is 10.2. The summed E-state index contributed by atoms with van der Waals surface area (Å²) in [7, 11) is 0. The van der Waals surface area contributed by atoms with Crippen LogP contribution in [-0.4, -0.2) is 21.2 Å². The molecule has 0 atom stereocenters. The smallest absolute Gasteiger partial charge is 0.272 e. The number of furan rings is 1. The van der Waals surface area contributed by atoms with Crippen molar-refractivity contribution in [2.24, 2.45) is 0 Å². The molecule has 5 nitrogen and oxygen atoms in total. The van der Waals surface area contributed by atoms with Crippen molar-refractivity contribution in [1.82, 2.24) is 15.1 Å². The first-order chi connectivity index (χ1) is 15.0. The zero-order valence-electron chi connectivity index (χ0n) is 18.1. The average molecular weight is 458 g/mol. The van der Waals surface area contributed by atoms with E-state index in [-0.39, 0.29) is 22.8 Å². The fourth-order valence-corrected chi connectivity index (χ4v) is 3.72. The Labute approximate surface area is 189 Å². The van der Waals surface area contributed by atoms with Gasteiger partial charge >= 0.3 is 0 Å². The van der Waals surface area contributed by atoms with Crippen LogP contribution in [0, 0.1) is 18.6 Å². The van der Waals surface area contributed by atoms with Crippen LogP contribution in [0.4, 0.5) is 8.78 Å². The van der Waals surface area contributed by atoms with Crippen LogP contribution in [0.1, 0.15) is 42.5 Å². The molecule has 0 spiro atoms. The highest BCUT2D eigenvalue weighted by molar-refractivity contribution is 6.31. The molecule has 1 N–H and O–H groups in total. The Morgan fingerprint density at radius 3 is 2.59 bits per heavy atom. The third-order valence-electron chi connectivity index (χ3n) is 4.88. The minimum Gasteiger partial charge on any atom is -0.456 e. The molecule has 0 aliphatic heterocycles. The van der Waals surface area contributed by atoms with Crippen LogP contribution in [-0.2, 0) is 6.54 Å². The topological polar surface area (TPSA) is 60.1 Å². The van der Waals surface area contributed by atoms with E-state index in [0.29, 0.717) is 28.2 Å². The van der Waals surface area contributed by atoms with Crippen molar-refractivity contribution in [3.8, 4) is 11.3 Å². The Bertz CT molecular complexity index is 1340. The zero-order valence-corrected chi connectivity index (χ0v) is 18.8. The zero-order chi connectivity index (χ0) is 23.2. The van der Waals surface area contributed by atoms with Gasteiger partial charge in [-0.15, -0.1) is 0 Å². The molecule has 2 aromatic heterocycles. The molecule has 2 aromatic carbocycles. The lowest BCUT2D eigenvalue weighted by Gasteiger charge is -2.19. The molecule has 0 bridgehead atoms. The van der Waals surface area contributed by atoms with E-state index in [2.05, 4.69) is 10.4 Å². The van der Waals surface area contributed by atoms with Crippen LogP contribution in [0.2, 0.25) is 5.02 Å². The second kappa shape index (κ2) is 8.06. The Balaban J connectivity index is 1.71. The number of halogens is 3. The second-order valence-electron chi connectivity index (χ2n) is 8.75. The summed E-state index contributed by atoms with van der Waals surface area (Å²) in [5, 5.41) is 8.49. The lowest BCUT2D eigenvalue weighted by molar-refractivity contribution is 0.0913. The summed E-state index contributed by atoms with van der Waals surface area (Å²) in [5.74, 6) is -1.37. The van der Waals surface area contributed by atoms with Gasteiger partial charge in [0, 0.05) is 33.3 Å². The van der Waals surface area contributed by atoms with Gasteiger partial charge in [-0.3, -0.25) is 9.48 Å². The molecule has 166 valence electrons. The first-order valence-corrected chi connectivity index (χ1v) is 10.4. The van der Waals surface area contributed by atoms with E-state index in [4.69, 9.17) is 16.0 Å². The SMILES string of the molecule is Cc1cc(C(=O)NC(C)(C)C)nn1Cc1cc(Cl)cc2cc(-c3ccc(F)cc3F)oc12. The third-order valence-corrected chi connectivity index (χ3v) is 5.10. The fraction of sp³-hybridized carbons (Fsp3) is 0.250. The van der Waals surface area contributed by atoms with Gasteiger partial charge in [0.05, 0.1) is 12.1 Å². The van der Waals surface area contributed by atoms with Gasteiger partial charge in [-0.25, -0.2) is 8.78 Å². The van der Waals surface area contributed by atoms with Gasteiger partial charge in [-0.2, -0.15) is 5.10 Å². The van der Waals surface area contributed by atoms with Crippen molar-refractivity contribution < 1.29 is 18.0 Å². The van der Waals surface area contributed by atoms with Crippen LogP contribution in [0.5, 0.6) is 0 Å². The van der Waals surface area contributed by atoms with Crippen molar-refractivity contribution in [1.29, 1.82) is 0 Å². The maximum absolute atomic E-state index is 14.3. The van der Waals surface area contributed by atoms with Crippen molar-refractivity contribution in [2.45, 2.75) is 39.8 Å². The van der Waals surface area contributed by atoms with E-state index in [9.17, 15) is 13.6 Å². The number of carbonyl (C=O) groups excluding carboxylic acids is 1. The number of nitrogens with one attached hydrogen (secondary N) is 1. The summed E-state index contributed by atoms with van der Waals surface area (Å²) in [6.07, 6.45) is 0. The van der Waals surface area contributed by atoms with Gasteiger partial charge in [0.15, 0.2) is 0 Å². The van der Waals surface area contributed by atoms with Gasteiger partial charge < -0.3 is 9.73 Å². The molecule has 0 unspecified atom stereocenters. The van der Waals surface area contributed by atoms with E-state index in [1.807, 2.05) is 27.7 Å². The predicted octanol–water partition coefficient (Wildman–Crippen LogP) is 6.11. The first-order valence-electron chi connectivity index (χ1n) is 10.0. The number of nitrogens with zero attached hydrogens (tertiary/aromatic N) is 2. The van der Waals surface area contributed by atoms with E-state index in [0.717, 1.165) is 17.3 Å². The van der Waals surface area contributed by atoms with E-state index < -0.39 is 11.6 Å². The van der Waals surface area contributed by atoms with E-state index >= 15 is 0 Å². The minimum atomic E-state index is -0.714. The van der Waals surface area contributed by atoms with Gasteiger partial charge in [-0.05, 0) is 64.1 Å². The average Bonchev–Trinajstić information content (AvgIpc) is 3.24. The van der Waals surface area contributed by atoms with Crippen molar-refractivity contribution >= 4 is 28.5 Å².